The molecule has 1 aliphatic rings. The molecule has 0 bridgehead atoms. The van der Waals surface area contributed by atoms with E-state index in [9.17, 15) is 19.5 Å². The molecule has 1 aliphatic heterocycles. The van der Waals surface area contributed by atoms with Crippen LogP contribution in [-0.2, 0) is 19.6 Å². The van der Waals surface area contributed by atoms with Gasteiger partial charge in [0.25, 0.3) is 5.91 Å². The average Bonchev–Trinajstić information content (AvgIpc) is 2.80. The Kier molecular flexibility index (Phi) is 6.53. The van der Waals surface area contributed by atoms with Crippen molar-refractivity contribution in [2.24, 2.45) is 0 Å². The maximum Gasteiger partial charge on any atom is 0.316 e. The number of aliphatic hydroxyl groups is 1. The number of H-pyrrole nitrogens is 1. The minimum Gasteiger partial charge on any atom is -0.393 e. The molecule has 0 atom stereocenters. The molecule has 2 heterocycles. The van der Waals surface area contributed by atoms with Gasteiger partial charge in [0.2, 0.25) is 0 Å². The van der Waals surface area contributed by atoms with Crippen molar-refractivity contribution in [3.05, 3.63) is 79.9 Å². The third kappa shape index (κ3) is 4.81. The Bertz CT molecular complexity index is 1220. The van der Waals surface area contributed by atoms with Crippen LogP contribution in [0.1, 0.15) is 41.3 Å². The molecule has 1 aromatic heterocycles. The number of benzene rings is 2. The van der Waals surface area contributed by atoms with Crippen molar-refractivity contribution < 1.29 is 9.90 Å². The molecular formula is C24H28N4O4. The zero-order valence-electron chi connectivity index (χ0n) is 18.1. The van der Waals surface area contributed by atoms with E-state index in [-0.39, 0.29) is 12.0 Å². The number of nitrogens with one attached hydrogen (secondary N) is 2. The number of likely N-dealkylation sites (tertiary alicyclic amines) is 1. The fraction of sp³-hybridized carbons (Fsp3) is 0.375. The summed E-state index contributed by atoms with van der Waals surface area (Å²) in [6.07, 6.45) is 1.48. The van der Waals surface area contributed by atoms with Crippen LogP contribution in [0.4, 0.5) is 0 Å². The van der Waals surface area contributed by atoms with E-state index in [1.165, 1.54) is 10.1 Å². The van der Waals surface area contributed by atoms with Crippen LogP contribution in [0.25, 0.3) is 11.0 Å². The van der Waals surface area contributed by atoms with Gasteiger partial charge in [-0.1, -0.05) is 24.3 Å². The summed E-state index contributed by atoms with van der Waals surface area (Å²) >= 11 is 0. The molecule has 32 heavy (non-hydrogen) atoms. The number of aliphatic hydroxyl groups excluding tert-OH is 1. The first kappa shape index (κ1) is 22.0. The zero-order valence-corrected chi connectivity index (χ0v) is 18.1. The molecule has 8 heteroatoms. The molecule has 2 aromatic carbocycles. The molecule has 1 fully saturated rings. The first-order valence-corrected chi connectivity index (χ1v) is 11.0. The van der Waals surface area contributed by atoms with Crippen LogP contribution in [0.15, 0.2) is 52.1 Å². The molecule has 0 spiro atoms. The second-order valence-corrected chi connectivity index (χ2v) is 8.24. The van der Waals surface area contributed by atoms with Gasteiger partial charge < -0.3 is 20.0 Å². The lowest BCUT2D eigenvalue weighted by Gasteiger charge is -2.29. The van der Waals surface area contributed by atoms with Gasteiger partial charge in [-0.25, -0.2) is 0 Å². The van der Waals surface area contributed by atoms with E-state index in [2.05, 4.69) is 27.3 Å². The lowest BCUT2D eigenvalue weighted by molar-refractivity contribution is 0.0792. The van der Waals surface area contributed by atoms with E-state index in [4.69, 9.17) is 0 Å². The van der Waals surface area contributed by atoms with Crippen molar-refractivity contribution >= 4 is 16.9 Å². The van der Waals surface area contributed by atoms with Gasteiger partial charge in [-0.15, -0.1) is 0 Å². The highest BCUT2D eigenvalue weighted by Gasteiger charge is 2.17. The summed E-state index contributed by atoms with van der Waals surface area (Å²) in [4.78, 5) is 41.4. The number of amides is 1. The quantitative estimate of drug-likeness (QED) is 0.509. The number of aryl methyl sites for hydroxylation is 1. The highest BCUT2D eigenvalue weighted by Crippen LogP contribution is 2.15. The van der Waals surface area contributed by atoms with Gasteiger partial charge in [0.1, 0.15) is 0 Å². The van der Waals surface area contributed by atoms with Crippen LogP contribution in [0.2, 0.25) is 0 Å². The fourth-order valence-corrected chi connectivity index (χ4v) is 4.12. The summed E-state index contributed by atoms with van der Waals surface area (Å²) in [6, 6.07) is 13.1. The summed E-state index contributed by atoms with van der Waals surface area (Å²) in [5.74, 6) is -0.252. The second-order valence-electron chi connectivity index (χ2n) is 8.24. The molecule has 3 N–H and O–H groups in total. The lowest BCUT2D eigenvalue weighted by Crippen LogP contribution is -2.36. The Morgan fingerprint density at radius 1 is 1.09 bits per heavy atom. The maximum atomic E-state index is 12.6. The SMILES string of the molecule is CCn1c(=O)c(=O)[nH]c2cc(C(=O)NCc3ccc(CN4CCC(O)CC4)cc3)ccc21. The maximum absolute atomic E-state index is 12.6. The monoisotopic (exact) mass is 436 g/mol. The largest absolute Gasteiger partial charge is 0.393 e. The summed E-state index contributed by atoms with van der Waals surface area (Å²) in [6.45, 7) is 5.23. The van der Waals surface area contributed by atoms with Gasteiger partial charge in [-0.3, -0.25) is 19.3 Å². The summed E-state index contributed by atoms with van der Waals surface area (Å²) in [5, 5.41) is 12.5. The van der Waals surface area contributed by atoms with Gasteiger partial charge in [0.05, 0.1) is 17.1 Å². The number of hydrogen-bond donors (Lipinski definition) is 3. The van der Waals surface area contributed by atoms with Crippen LogP contribution in [0, 0.1) is 0 Å². The Morgan fingerprint density at radius 2 is 1.78 bits per heavy atom. The topological polar surface area (TPSA) is 107 Å². The summed E-state index contributed by atoms with van der Waals surface area (Å²) in [5.41, 5.74) is 2.36. The van der Waals surface area contributed by atoms with E-state index in [1.807, 2.05) is 12.1 Å². The van der Waals surface area contributed by atoms with Crippen molar-refractivity contribution in [2.45, 2.75) is 45.5 Å². The lowest BCUT2D eigenvalue weighted by atomic mass is 10.1. The Balaban J connectivity index is 1.39. The normalized spacial score (nSPS) is 15.2. The van der Waals surface area contributed by atoms with Gasteiger partial charge in [0, 0.05) is 38.3 Å². The van der Waals surface area contributed by atoms with Crippen molar-refractivity contribution in [3.8, 4) is 0 Å². The van der Waals surface area contributed by atoms with E-state index in [1.54, 1.807) is 25.1 Å². The predicted octanol–water partition coefficient (Wildman–Crippen LogP) is 1.60. The molecule has 8 nitrogen and oxygen atoms in total. The number of hydrogen-bond acceptors (Lipinski definition) is 5. The Morgan fingerprint density at radius 3 is 2.47 bits per heavy atom. The molecule has 0 unspecified atom stereocenters. The molecule has 168 valence electrons. The molecular weight excluding hydrogens is 408 g/mol. The Labute approximate surface area is 185 Å². The van der Waals surface area contributed by atoms with Gasteiger partial charge in [-0.2, -0.15) is 0 Å². The summed E-state index contributed by atoms with van der Waals surface area (Å²) in [7, 11) is 0. The zero-order chi connectivity index (χ0) is 22.7. The van der Waals surface area contributed by atoms with Gasteiger partial charge >= 0.3 is 11.1 Å². The predicted molar refractivity (Wildman–Crippen MR) is 123 cm³/mol. The second kappa shape index (κ2) is 9.50. The third-order valence-electron chi connectivity index (χ3n) is 5.99. The van der Waals surface area contributed by atoms with Crippen molar-refractivity contribution in [1.82, 2.24) is 19.8 Å². The molecule has 1 saturated heterocycles. The van der Waals surface area contributed by atoms with Crippen LogP contribution < -0.4 is 16.4 Å². The van der Waals surface area contributed by atoms with Gasteiger partial charge in [-0.05, 0) is 49.1 Å². The van der Waals surface area contributed by atoms with Gasteiger partial charge in [0.15, 0.2) is 0 Å². The van der Waals surface area contributed by atoms with Crippen LogP contribution in [0.5, 0.6) is 0 Å². The molecule has 1 amide bonds. The average molecular weight is 437 g/mol. The minimum absolute atomic E-state index is 0.170. The molecule has 3 aromatic rings. The number of aromatic amines is 1. The molecule has 0 saturated carbocycles. The van der Waals surface area contributed by atoms with Crippen LogP contribution in [0.3, 0.4) is 0 Å². The molecule has 0 aliphatic carbocycles. The first-order valence-electron chi connectivity index (χ1n) is 11.0. The first-order chi connectivity index (χ1) is 15.4. The van der Waals surface area contributed by atoms with E-state index in [0.717, 1.165) is 38.0 Å². The number of carbonyl (C=O) groups is 1. The number of rotatable bonds is 6. The highest BCUT2D eigenvalue weighted by atomic mass is 16.3. The number of nitrogens with zero attached hydrogens (tertiary/aromatic N) is 2. The molecule has 4 rings (SSSR count). The minimum atomic E-state index is -0.697. The van der Waals surface area contributed by atoms with Crippen LogP contribution in [-0.4, -0.2) is 44.7 Å². The number of piperidine rings is 1. The van der Waals surface area contributed by atoms with E-state index >= 15 is 0 Å². The standard InChI is InChI=1S/C24H28N4O4/c1-2-28-21-8-7-18(13-20(21)26-23(31)24(28)32)22(30)25-14-16-3-5-17(6-4-16)15-27-11-9-19(29)10-12-27/h3-8,13,19,29H,2,9-12,14-15H2,1H3,(H,25,30)(H,26,31). The van der Waals surface area contributed by atoms with Crippen molar-refractivity contribution in [3.63, 3.8) is 0 Å². The number of fused-ring (bicyclic) bond motifs is 1. The highest BCUT2D eigenvalue weighted by molar-refractivity contribution is 5.97. The number of carbonyl (C=O) groups excluding carboxylic acids is 1. The Hall–Kier alpha value is -3.23. The van der Waals surface area contributed by atoms with E-state index < -0.39 is 11.1 Å². The molecule has 0 radical (unpaired) electrons. The fourth-order valence-electron chi connectivity index (χ4n) is 4.12. The third-order valence-corrected chi connectivity index (χ3v) is 5.99. The van der Waals surface area contributed by atoms with Crippen molar-refractivity contribution in [1.29, 1.82) is 0 Å². The van der Waals surface area contributed by atoms with E-state index in [0.29, 0.717) is 29.7 Å². The number of aromatic nitrogens is 2. The summed E-state index contributed by atoms with van der Waals surface area (Å²) < 4.78 is 1.39. The van der Waals surface area contributed by atoms with Crippen molar-refractivity contribution in [2.75, 3.05) is 13.1 Å². The smallest absolute Gasteiger partial charge is 0.316 e. The van der Waals surface area contributed by atoms with Crippen LogP contribution >= 0.6 is 0 Å².